The second-order valence-corrected chi connectivity index (χ2v) is 6.42. The molecule has 2 unspecified atom stereocenters. The van der Waals surface area contributed by atoms with Crippen molar-refractivity contribution in [2.24, 2.45) is 0 Å². The minimum absolute atomic E-state index is 0.00834. The number of likely N-dealkylation sites (tertiary alicyclic amines) is 1. The Bertz CT molecular complexity index is 487. The van der Waals surface area contributed by atoms with Crippen molar-refractivity contribution in [2.45, 2.75) is 64.5 Å². The van der Waals surface area contributed by atoms with E-state index in [0.717, 1.165) is 30.8 Å². The Labute approximate surface area is 139 Å². The average molecular weight is 318 g/mol. The van der Waals surface area contributed by atoms with E-state index in [9.17, 15) is 9.90 Å². The highest BCUT2D eigenvalue weighted by Crippen LogP contribution is 2.23. The van der Waals surface area contributed by atoms with Gasteiger partial charge in [-0.25, -0.2) is 0 Å². The van der Waals surface area contributed by atoms with Crippen molar-refractivity contribution in [2.75, 3.05) is 18.4 Å². The summed E-state index contributed by atoms with van der Waals surface area (Å²) in [7, 11) is 0. The minimum Gasteiger partial charge on any atom is -0.388 e. The third-order valence-electron chi connectivity index (χ3n) is 4.81. The highest BCUT2D eigenvalue weighted by Gasteiger charge is 2.21. The zero-order valence-corrected chi connectivity index (χ0v) is 14.4. The average Bonchev–Trinajstić information content (AvgIpc) is 2.60. The normalized spacial score (nSPS) is 20.2. The van der Waals surface area contributed by atoms with Gasteiger partial charge in [0.15, 0.2) is 0 Å². The fourth-order valence-electron chi connectivity index (χ4n) is 3.31. The van der Waals surface area contributed by atoms with Crippen LogP contribution < -0.4 is 5.32 Å². The number of benzene rings is 1. The van der Waals surface area contributed by atoms with Gasteiger partial charge in [0, 0.05) is 24.7 Å². The summed E-state index contributed by atoms with van der Waals surface area (Å²) in [6.45, 7) is 6.20. The van der Waals surface area contributed by atoms with Crippen molar-refractivity contribution in [3.05, 3.63) is 29.8 Å². The molecule has 4 nitrogen and oxygen atoms in total. The molecule has 1 aromatic carbocycles. The lowest BCUT2D eigenvalue weighted by Gasteiger charge is -2.35. The molecule has 1 aliphatic heterocycles. The topological polar surface area (TPSA) is 52.6 Å². The molecule has 0 radical (unpaired) electrons. The number of nitrogens with one attached hydrogen (secondary N) is 1. The molecule has 1 heterocycles. The fourth-order valence-corrected chi connectivity index (χ4v) is 3.31. The molecule has 0 spiro atoms. The number of carbonyl (C=O) groups is 1. The van der Waals surface area contributed by atoms with E-state index in [4.69, 9.17) is 0 Å². The Balaban J connectivity index is 1.85. The molecule has 1 aromatic rings. The van der Waals surface area contributed by atoms with Crippen LogP contribution in [0.1, 0.15) is 64.0 Å². The van der Waals surface area contributed by atoms with E-state index < -0.39 is 6.10 Å². The number of nitrogens with zero attached hydrogens (tertiary/aromatic N) is 1. The van der Waals surface area contributed by atoms with Gasteiger partial charge in [0.25, 0.3) is 0 Å². The van der Waals surface area contributed by atoms with E-state index >= 15 is 0 Å². The van der Waals surface area contributed by atoms with Gasteiger partial charge in [-0.05, 0) is 49.9 Å². The van der Waals surface area contributed by atoms with E-state index in [1.807, 2.05) is 31.2 Å². The Hall–Kier alpha value is -1.39. The highest BCUT2D eigenvalue weighted by molar-refractivity contribution is 5.90. The fraction of sp³-hybridized carbons (Fsp3) is 0.632. The number of hydrogen-bond acceptors (Lipinski definition) is 3. The van der Waals surface area contributed by atoms with Crippen LogP contribution in [0.2, 0.25) is 0 Å². The summed E-state index contributed by atoms with van der Waals surface area (Å²) >= 11 is 0. The summed E-state index contributed by atoms with van der Waals surface area (Å²) < 4.78 is 0. The molecule has 2 rings (SSSR count). The minimum atomic E-state index is -0.439. The first-order chi connectivity index (χ1) is 11.1. The van der Waals surface area contributed by atoms with Crippen molar-refractivity contribution in [3.63, 3.8) is 0 Å². The molecule has 128 valence electrons. The molecule has 1 saturated heterocycles. The number of aliphatic hydroxyl groups is 1. The molecule has 23 heavy (non-hydrogen) atoms. The Morgan fingerprint density at radius 2 is 2.04 bits per heavy atom. The van der Waals surface area contributed by atoms with Gasteiger partial charge in [-0.15, -0.1) is 0 Å². The van der Waals surface area contributed by atoms with Gasteiger partial charge in [-0.1, -0.05) is 32.4 Å². The molecule has 0 bridgehead atoms. The largest absolute Gasteiger partial charge is 0.388 e. The SMILES string of the molecule is CCC(=O)Nc1ccc(C(O)CCN2CCCCC2CC)cc1. The van der Waals surface area contributed by atoms with Gasteiger partial charge in [0.05, 0.1) is 6.10 Å². The van der Waals surface area contributed by atoms with Crippen molar-refractivity contribution in [1.82, 2.24) is 4.90 Å². The lowest BCUT2D eigenvalue weighted by molar-refractivity contribution is -0.115. The first-order valence-corrected chi connectivity index (χ1v) is 8.96. The summed E-state index contributed by atoms with van der Waals surface area (Å²) in [5, 5.41) is 13.2. The molecule has 1 fully saturated rings. The van der Waals surface area contributed by atoms with Crippen LogP contribution in [-0.2, 0) is 4.79 Å². The smallest absolute Gasteiger partial charge is 0.224 e. The van der Waals surface area contributed by atoms with E-state index in [0.29, 0.717) is 12.5 Å². The number of hydrogen-bond donors (Lipinski definition) is 2. The van der Waals surface area contributed by atoms with Gasteiger partial charge >= 0.3 is 0 Å². The number of anilines is 1. The number of piperidine rings is 1. The lowest BCUT2D eigenvalue weighted by Crippen LogP contribution is -2.40. The third-order valence-corrected chi connectivity index (χ3v) is 4.81. The van der Waals surface area contributed by atoms with E-state index in [1.165, 1.54) is 25.7 Å². The molecule has 0 aromatic heterocycles. The van der Waals surface area contributed by atoms with Crippen LogP contribution in [0, 0.1) is 0 Å². The summed E-state index contributed by atoms with van der Waals surface area (Å²) in [6.07, 6.45) is 5.89. The number of carbonyl (C=O) groups excluding carboxylic acids is 1. The Morgan fingerprint density at radius 3 is 2.70 bits per heavy atom. The second-order valence-electron chi connectivity index (χ2n) is 6.42. The lowest BCUT2D eigenvalue weighted by atomic mass is 9.98. The van der Waals surface area contributed by atoms with Crippen molar-refractivity contribution in [1.29, 1.82) is 0 Å². The quantitative estimate of drug-likeness (QED) is 0.805. The van der Waals surface area contributed by atoms with Crippen LogP contribution in [0.3, 0.4) is 0 Å². The van der Waals surface area contributed by atoms with E-state index in [2.05, 4.69) is 17.1 Å². The Morgan fingerprint density at radius 1 is 1.30 bits per heavy atom. The first-order valence-electron chi connectivity index (χ1n) is 8.96. The highest BCUT2D eigenvalue weighted by atomic mass is 16.3. The standard InChI is InChI=1S/C19H30N2O2/c1-3-17-7-5-6-13-21(17)14-12-18(22)15-8-10-16(11-9-15)20-19(23)4-2/h8-11,17-18,22H,3-7,12-14H2,1-2H3,(H,20,23). The van der Waals surface area contributed by atoms with E-state index in [-0.39, 0.29) is 5.91 Å². The predicted octanol–water partition coefficient (Wildman–Crippen LogP) is 3.72. The van der Waals surface area contributed by atoms with Crippen LogP contribution in [-0.4, -0.2) is 35.0 Å². The van der Waals surface area contributed by atoms with Crippen LogP contribution in [0.4, 0.5) is 5.69 Å². The maximum absolute atomic E-state index is 11.4. The van der Waals surface area contributed by atoms with Gasteiger partial charge < -0.3 is 15.3 Å². The zero-order chi connectivity index (χ0) is 16.7. The molecule has 0 saturated carbocycles. The molecule has 1 amide bonds. The summed E-state index contributed by atoms with van der Waals surface area (Å²) in [5.74, 6) is 0.00834. The summed E-state index contributed by atoms with van der Waals surface area (Å²) in [6, 6.07) is 8.22. The summed E-state index contributed by atoms with van der Waals surface area (Å²) in [5.41, 5.74) is 1.71. The van der Waals surface area contributed by atoms with Crippen molar-refractivity contribution >= 4 is 11.6 Å². The molecule has 4 heteroatoms. The molecule has 2 N–H and O–H groups in total. The zero-order valence-electron chi connectivity index (χ0n) is 14.4. The van der Waals surface area contributed by atoms with Crippen LogP contribution in [0.5, 0.6) is 0 Å². The first kappa shape index (κ1) is 18.0. The molecular formula is C19H30N2O2. The monoisotopic (exact) mass is 318 g/mol. The van der Waals surface area contributed by atoms with Crippen LogP contribution in [0.15, 0.2) is 24.3 Å². The summed E-state index contributed by atoms with van der Waals surface area (Å²) in [4.78, 5) is 13.9. The van der Waals surface area contributed by atoms with Gasteiger partial charge in [0.1, 0.15) is 0 Å². The maximum Gasteiger partial charge on any atom is 0.224 e. The molecule has 1 aliphatic rings. The van der Waals surface area contributed by atoms with Crippen LogP contribution >= 0.6 is 0 Å². The van der Waals surface area contributed by atoms with Crippen molar-refractivity contribution < 1.29 is 9.90 Å². The van der Waals surface area contributed by atoms with Crippen LogP contribution in [0.25, 0.3) is 0 Å². The van der Waals surface area contributed by atoms with Crippen molar-refractivity contribution in [3.8, 4) is 0 Å². The third kappa shape index (κ3) is 5.33. The maximum atomic E-state index is 11.4. The van der Waals surface area contributed by atoms with E-state index in [1.54, 1.807) is 0 Å². The van der Waals surface area contributed by atoms with Gasteiger partial charge in [-0.3, -0.25) is 4.79 Å². The number of aliphatic hydroxyl groups excluding tert-OH is 1. The van der Waals surface area contributed by atoms with Gasteiger partial charge in [-0.2, -0.15) is 0 Å². The van der Waals surface area contributed by atoms with Gasteiger partial charge in [0.2, 0.25) is 5.91 Å². The molecule has 0 aliphatic carbocycles. The molecule has 2 atom stereocenters. The predicted molar refractivity (Wildman–Crippen MR) is 94.4 cm³/mol. The number of amides is 1. The number of rotatable bonds is 7. The molecular weight excluding hydrogens is 288 g/mol. The second kappa shape index (κ2) is 9.04. The Kier molecular flexibility index (Phi) is 7.06.